The molecule has 0 aliphatic heterocycles. The van der Waals surface area contributed by atoms with Crippen LogP contribution in [0.5, 0.6) is 0 Å². The smallest absolute Gasteiger partial charge is 0.284 e. The molecule has 0 saturated heterocycles. The number of nitrogens with one attached hydrogen (secondary N) is 2. The Kier molecular flexibility index (Phi) is 3.06. The van der Waals surface area contributed by atoms with E-state index in [0.29, 0.717) is 0 Å². The van der Waals surface area contributed by atoms with Crippen LogP contribution >= 0.6 is 0 Å². The molecule has 0 aromatic rings. The van der Waals surface area contributed by atoms with Crippen LogP contribution in [0.2, 0.25) is 0 Å². The minimum absolute atomic E-state index is 0.0718. The summed E-state index contributed by atoms with van der Waals surface area (Å²) >= 11 is 0. The van der Waals surface area contributed by atoms with Crippen molar-refractivity contribution >= 4 is 5.91 Å². The van der Waals surface area contributed by atoms with Gasteiger partial charge in [-0.25, -0.2) is 5.84 Å². The maximum absolute atomic E-state index is 10.7. The summed E-state index contributed by atoms with van der Waals surface area (Å²) in [5.41, 5.74) is 12.2. The molecule has 0 aromatic heterocycles. The lowest BCUT2D eigenvalue weighted by Crippen LogP contribution is -2.38. The third kappa shape index (κ3) is 1.82. The Bertz CT molecular complexity index is 159. The van der Waals surface area contributed by atoms with Crippen LogP contribution in [0.25, 0.3) is 0 Å². The third-order valence-corrected chi connectivity index (χ3v) is 0.897. The van der Waals surface area contributed by atoms with E-state index in [0.717, 1.165) is 0 Å². The highest BCUT2D eigenvalue weighted by atomic mass is 16.2. The highest BCUT2D eigenvalue weighted by Crippen LogP contribution is 1.85. The number of likely N-dealkylation sites (N-methyl/N-ethyl adjacent to an activating group) is 1. The van der Waals surface area contributed by atoms with Gasteiger partial charge in [0, 0.05) is 7.05 Å². The molecule has 0 unspecified atom stereocenters. The van der Waals surface area contributed by atoms with E-state index in [1.165, 1.54) is 7.05 Å². The molecular weight excluding hydrogens is 134 g/mol. The van der Waals surface area contributed by atoms with Gasteiger partial charge in [-0.15, -0.1) is 0 Å². The van der Waals surface area contributed by atoms with Crippen molar-refractivity contribution in [1.29, 1.82) is 0 Å². The lowest BCUT2D eigenvalue weighted by atomic mass is 10.4. The van der Waals surface area contributed by atoms with Crippen LogP contribution in [0.15, 0.2) is 11.5 Å². The number of rotatable bonds is 2. The molecule has 0 spiro atoms. The summed E-state index contributed by atoms with van der Waals surface area (Å²) in [7, 11) is 1.52. The predicted molar refractivity (Wildman–Crippen MR) is 36.8 cm³/mol. The summed E-state index contributed by atoms with van der Waals surface area (Å²) < 4.78 is 0. The first-order valence-corrected chi connectivity index (χ1v) is 2.57. The largest absolute Gasteiger partial charge is 0.384 e. The van der Waals surface area contributed by atoms with Crippen molar-refractivity contribution in [1.82, 2.24) is 10.7 Å². The second kappa shape index (κ2) is 3.57. The monoisotopic (exact) mass is 145 g/mol. The minimum Gasteiger partial charge on any atom is -0.384 e. The van der Waals surface area contributed by atoms with Crippen LogP contribution in [-0.4, -0.2) is 13.0 Å². The molecule has 6 heteroatoms. The van der Waals surface area contributed by atoms with Crippen molar-refractivity contribution < 1.29 is 4.79 Å². The van der Waals surface area contributed by atoms with Crippen LogP contribution < -0.4 is 28.1 Å². The van der Waals surface area contributed by atoms with Crippen LogP contribution in [0.4, 0.5) is 0 Å². The zero-order valence-electron chi connectivity index (χ0n) is 5.64. The Labute approximate surface area is 58.4 Å². The zero-order valence-corrected chi connectivity index (χ0v) is 5.64. The summed E-state index contributed by atoms with van der Waals surface area (Å²) in [5.74, 6) is 4.17. The summed E-state index contributed by atoms with van der Waals surface area (Å²) in [4.78, 5) is 10.7. The number of nitrogens with two attached hydrogens (primary N) is 3. The molecule has 0 rings (SSSR count). The fourth-order valence-electron chi connectivity index (χ4n) is 0.461. The SMILES string of the molecule is CNC(C(=O)NN)=C(N)N. The van der Waals surface area contributed by atoms with Crippen LogP contribution in [0.1, 0.15) is 0 Å². The molecule has 10 heavy (non-hydrogen) atoms. The molecule has 0 atom stereocenters. The van der Waals surface area contributed by atoms with E-state index >= 15 is 0 Å². The zero-order chi connectivity index (χ0) is 8.15. The Morgan fingerprint density at radius 2 is 1.90 bits per heavy atom. The molecule has 0 saturated carbocycles. The fraction of sp³-hybridized carbons (Fsp3) is 0.250. The van der Waals surface area contributed by atoms with Crippen LogP contribution in [0, 0.1) is 0 Å². The van der Waals surface area contributed by atoms with E-state index in [-0.39, 0.29) is 11.5 Å². The van der Waals surface area contributed by atoms with Gasteiger partial charge in [0.25, 0.3) is 5.91 Å². The minimum atomic E-state index is -0.539. The first-order valence-electron chi connectivity index (χ1n) is 2.57. The highest BCUT2D eigenvalue weighted by Gasteiger charge is 2.07. The van der Waals surface area contributed by atoms with E-state index in [9.17, 15) is 4.79 Å². The molecule has 0 radical (unpaired) electrons. The number of hydrogen-bond acceptors (Lipinski definition) is 5. The molecule has 0 aliphatic rings. The summed E-state index contributed by atoms with van der Waals surface area (Å²) in [6, 6.07) is 0. The average Bonchev–Trinajstić information content (AvgIpc) is 1.88. The van der Waals surface area contributed by atoms with Gasteiger partial charge >= 0.3 is 0 Å². The van der Waals surface area contributed by atoms with Crippen molar-refractivity contribution in [3.05, 3.63) is 11.5 Å². The molecular formula is C4H11N5O. The van der Waals surface area contributed by atoms with Gasteiger partial charge in [-0.3, -0.25) is 10.2 Å². The topological polar surface area (TPSA) is 119 Å². The summed E-state index contributed by atoms with van der Waals surface area (Å²) in [6.07, 6.45) is 0. The Morgan fingerprint density at radius 1 is 1.40 bits per heavy atom. The van der Waals surface area contributed by atoms with Gasteiger partial charge in [-0.2, -0.15) is 0 Å². The van der Waals surface area contributed by atoms with Gasteiger partial charge < -0.3 is 16.8 Å². The second-order valence-electron chi connectivity index (χ2n) is 1.55. The number of hydrazine groups is 1. The Balaban J connectivity index is 4.37. The van der Waals surface area contributed by atoms with E-state index in [4.69, 9.17) is 17.3 Å². The molecule has 58 valence electrons. The standard InChI is InChI=1S/C4H11N5O/c1-8-2(3(5)6)4(10)9-7/h8H,5-7H2,1H3,(H,9,10). The Hall–Kier alpha value is -1.43. The maximum Gasteiger partial charge on any atom is 0.284 e. The molecule has 0 fully saturated rings. The van der Waals surface area contributed by atoms with E-state index in [1.807, 2.05) is 5.43 Å². The van der Waals surface area contributed by atoms with E-state index in [2.05, 4.69) is 5.32 Å². The number of carbonyl (C=O) groups excluding carboxylic acids is 1. The normalized spacial score (nSPS) is 8.20. The molecule has 8 N–H and O–H groups in total. The van der Waals surface area contributed by atoms with Crippen molar-refractivity contribution in [3.8, 4) is 0 Å². The first kappa shape index (κ1) is 8.57. The Morgan fingerprint density at radius 3 is 2.00 bits per heavy atom. The third-order valence-electron chi connectivity index (χ3n) is 0.897. The van der Waals surface area contributed by atoms with Gasteiger partial charge in [-0.1, -0.05) is 0 Å². The lowest BCUT2D eigenvalue weighted by molar-refractivity contribution is -0.117. The van der Waals surface area contributed by atoms with Gasteiger partial charge in [0.15, 0.2) is 0 Å². The number of carbonyl (C=O) groups is 1. The van der Waals surface area contributed by atoms with Crippen molar-refractivity contribution in [3.63, 3.8) is 0 Å². The quantitative estimate of drug-likeness (QED) is 0.125. The predicted octanol–water partition coefficient (Wildman–Crippen LogP) is -2.72. The van der Waals surface area contributed by atoms with Gasteiger partial charge in [0.2, 0.25) is 0 Å². The molecule has 1 amide bonds. The van der Waals surface area contributed by atoms with Crippen molar-refractivity contribution in [2.45, 2.75) is 0 Å². The van der Waals surface area contributed by atoms with Gasteiger partial charge in [0.1, 0.15) is 11.5 Å². The van der Waals surface area contributed by atoms with Gasteiger partial charge in [-0.05, 0) is 0 Å². The molecule has 6 nitrogen and oxygen atoms in total. The number of amides is 1. The number of hydrogen-bond donors (Lipinski definition) is 5. The van der Waals surface area contributed by atoms with Gasteiger partial charge in [0.05, 0.1) is 0 Å². The summed E-state index contributed by atoms with van der Waals surface area (Å²) in [5, 5.41) is 2.49. The maximum atomic E-state index is 10.7. The van der Waals surface area contributed by atoms with Crippen LogP contribution in [-0.2, 0) is 4.79 Å². The first-order chi connectivity index (χ1) is 4.63. The van der Waals surface area contributed by atoms with E-state index in [1.54, 1.807) is 0 Å². The summed E-state index contributed by atoms with van der Waals surface area (Å²) in [6.45, 7) is 0. The molecule has 0 aliphatic carbocycles. The second-order valence-corrected chi connectivity index (χ2v) is 1.55. The molecule has 0 heterocycles. The van der Waals surface area contributed by atoms with E-state index < -0.39 is 5.91 Å². The highest BCUT2D eigenvalue weighted by molar-refractivity contribution is 5.92. The molecule has 0 bridgehead atoms. The van der Waals surface area contributed by atoms with Crippen molar-refractivity contribution in [2.24, 2.45) is 17.3 Å². The van der Waals surface area contributed by atoms with Crippen LogP contribution in [0.3, 0.4) is 0 Å². The lowest BCUT2D eigenvalue weighted by Gasteiger charge is -2.05. The average molecular weight is 145 g/mol. The fourth-order valence-corrected chi connectivity index (χ4v) is 0.461. The molecule has 0 aromatic carbocycles. The van der Waals surface area contributed by atoms with Crippen molar-refractivity contribution in [2.75, 3.05) is 7.05 Å².